The Balaban J connectivity index is 2.03. The van der Waals surface area contributed by atoms with E-state index in [2.05, 4.69) is 49.9 Å². The highest BCUT2D eigenvalue weighted by atomic mass is 32.1. The smallest absolute Gasteiger partial charge is 0.0594 e. The van der Waals surface area contributed by atoms with Gasteiger partial charge in [0.1, 0.15) is 0 Å². The highest BCUT2D eigenvalue weighted by Gasteiger charge is 2.24. The van der Waals surface area contributed by atoms with E-state index >= 15 is 0 Å². The zero-order valence-corrected chi connectivity index (χ0v) is 13.8. The number of rotatable bonds is 5. The molecular formula is C17H27NOS. The maximum Gasteiger partial charge on any atom is 0.0594 e. The van der Waals surface area contributed by atoms with E-state index in [4.69, 9.17) is 17.4 Å². The maximum absolute atomic E-state index is 5.42. The average Bonchev–Trinajstić information content (AvgIpc) is 2.46. The molecule has 3 heteroatoms. The second-order valence-corrected chi connectivity index (χ2v) is 6.72. The summed E-state index contributed by atoms with van der Waals surface area (Å²) in [5.74, 6) is 1.20. The lowest BCUT2D eigenvalue weighted by atomic mass is 9.85. The molecule has 2 atom stereocenters. The van der Waals surface area contributed by atoms with E-state index in [9.17, 15) is 0 Å². The molecule has 0 bridgehead atoms. The Labute approximate surface area is 128 Å². The highest BCUT2D eigenvalue weighted by molar-refractivity contribution is 7.80. The third-order valence-corrected chi connectivity index (χ3v) is 4.78. The summed E-state index contributed by atoms with van der Waals surface area (Å²) in [5.41, 5.74) is 2.77. The molecule has 1 fully saturated rings. The molecule has 1 aliphatic heterocycles. The fourth-order valence-corrected chi connectivity index (χ4v) is 3.32. The number of aryl methyl sites for hydroxylation is 1. The Morgan fingerprint density at radius 1 is 1.15 bits per heavy atom. The van der Waals surface area contributed by atoms with Crippen LogP contribution in [-0.2, 0) is 4.74 Å². The summed E-state index contributed by atoms with van der Waals surface area (Å²) in [4.78, 5) is 2.44. The Kier molecular flexibility index (Phi) is 5.94. The van der Waals surface area contributed by atoms with Crippen LogP contribution >= 0.6 is 12.6 Å². The number of morpholine rings is 1. The normalized spacial score (nSPS) is 20.1. The first-order valence-corrected chi connectivity index (χ1v) is 8.16. The van der Waals surface area contributed by atoms with Crippen LogP contribution in [0.25, 0.3) is 0 Å². The summed E-state index contributed by atoms with van der Waals surface area (Å²) < 4.78 is 5.42. The van der Waals surface area contributed by atoms with Gasteiger partial charge < -0.3 is 4.74 Å². The number of hydrogen-bond acceptors (Lipinski definition) is 3. The standard InChI is InChI=1S/C17H27NOS/c1-13(2)16(15-6-4-14(3)5-7-15)12-17(20)18-8-10-19-11-9-18/h4-7,13,16-17,20H,8-12H2,1-3H3. The molecule has 0 amide bonds. The molecule has 1 heterocycles. The Bertz CT molecular complexity index is 398. The van der Waals surface area contributed by atoms with Crippen molar-refractivity contribution in [1.82, 2.24) is 4.90 Å². The van der Waals surface area contributed by atoms with E-state index in [1.165, 1.54) is 11.1 Å². The van der Waals surface area contributed by atoms with Crippen LogP contribution in [0.2, 0.25) is 0 Å². The van der Waals surface area contributed by atoms with Crippen LogP contribution in [0.1, 0.15) is 37.3 Å². The van der Waals surface area contributed by atoms with Crippen molar-refractivity contribution < 1.29 is 4.74 Å². The number of hydrogen-bond donors (Lipinski definition) is 1. The molecule has 2 rings (SSSR count). The first-order chi connectivity index (χ1) is 9.58. The van der Waals surface area contributed by atoms with Gasteiger partial charge in [0.2, 0.25) is 0 Å². The van der Waals surface area contributed by atoms with Crippen LogP contribution in [0.3, 0.4) is 0 Å². The Morgan fingerprint density at radius 3 is 2.30 bits per heavy atom. The molecule has 1 aliphatic rings. The van der Waals surface area contributed by atoms with Crippen molar-refractivity contribution in [2.45, 2.75) is 38.5 Å². The highest BCUT2D eigenvalue weighted by Crippen LogP contribution is 2.32. The van der Waals surface area contributed by atoms with Crippen LogP contribution < -0.4 is 0 Å². The van der Waals surface area contributed by atoms with Gasteiger partial charge in [0.25, 0.3) is 0 Å². The van der Waals surface area contributed by atoms with Crippen LogP contribution in [-0.4, -0.2) is 36.6 Å². The second kappa shape index (κ2) is 7.48. The summed E-state index contributed by atoms with van der Waals surface area (Å²) in [6.07, 6.45) is 1.10. The Morgan fingerprint density at radius 2 is 1.75 bits per heavy atom. The van der Waals surface area contributed by atoms with Crippen LogP contribution in [0.4, 0.5) is 0 Å². The van der Waals surface area contributed by atoms with E-state index in [0.29, 0.717) is 17.2 Å². The van der Waals surface area contributed by atoms with Crippen molar-refractivity contribution in [3.05, 3.63) is 35.4 Å². The predicted molar refractivity (Wildman–Crippen MR) is 88.5 cm³/mol. The van der Waals surface area contributed by atoms with Crippen molar-refractivity contribution in [1.29, 1.82) is 0 Å². The summed E-state index contributed by atoms with van der Waals surface area (Å²) >= 11 is 4.85. The Hall–Kier alpha value is -0.510. The molecule has 20 heavy (non-hydrogen) atoms. The monoisotopic (exact) mass is 293 g/mol. The lowest BCUT2D eigenvalue weighted by Crippen LogP contribution is -2.41. The van der Waals surface area contributed by atoms with Gasteiger partial charge in [-0.2, -0.15) is 12.6 Å². The van der Waals surface area contributed by atoms with Gasteiger partial charge in [0.15, 0.2) is 0 Å². The van der Waals surface area contributed by atoms with Crippen molar-refractivity contribution in [2.75, 3.05) is 26.3 Å². The van der Waals surface area contributed by atoms with E-state index in [-0.39, 0.29) is 0 Å². The van der Waals surface area contributed by atoms with Crippen molar-refractivity contribution in [3.8, 4) is 0 Å². The number of ether oxygens (including phenoxy) is 1. The number of benzene rings is 1. The van der Waals surface area contributed by atoms with E-state index in [1.54, 1.807) is 0 Å². The van der Waals surface area contributed by atoms with Gasteiger partial charge >= 0.3 is 0 Å². The molecule has 1 saturated heterocycles. The molecule has 0 radical (unpaired) electrons. The molecule has 0 aliphatic carbocycles. The van der Waals surface area contributed by atoms with Crippen LogP contribution in [0, 0.1) is 12.8 Å². The second-order valence-electron chi connectivity index (χ2n) is 6.13. The van der Waals surface area contributed by atoms with E-state index in [1.807, 2.05) is 0 Å². The molecule has 1 aromatic rings. The topological polar surface area (TPSA) is 12.5 Å². The largest absolute Gasteiger partial charge is 0.379 e. The third kappa shape index (κ3) is 4.24. The van der Waals surface area contributed by atoms with Crippen LogP contribution in [0.5, 0.6) is 0 Å². The summed E-state index contributed by atoms with van der Waals surface area (Å²) in [6.45, 7) is 10.5. The zero-order valence-electron chi connectivity index (χ0n) is 12.9. The fraction of sp³-hybridized carbons (Fsp3) is 0.647. The quantitative estimate of drug-likeness (QED) is 0.831. The molecule has 1 aromatic carbocycles. The molecule has 0 aromatic heterocycles. The van der Waals surface area contributed by atoms with Gasteiger partial charge in [-0.25, -0.2) is 0 Å². The van der Waals surface area contributed by atoms with Crippen LogP contribution in [0.15, 0.2) is 24.3 Å². The molecular weight excluding hydrogens is 266 g/mol. The summed E-state index contributed by atoms with van der Waals surface area (Å²) in [7, 11) is 0. The first kappa shape index (κ1) is 15.9. The van der Waals surface area contributed by atoms with E-state index < -0.39 is 0 Å². The first-order valence-electron chi connectivity index (χ1n) is 7.64. The minimum Gasteiger partial charge on any atom is -0.379 e. The molecule has 0 saturated carbocycles. The van der Waals surface area contributed by atoms with Gasteiger partial charge in [0.05, 0.1) is 18.6 Å². The summed E-state index contributed by atoms with van der Waals surface area (Å²) in [5, 5.41) is 0.326. The van der Waals surface area contributed by atoms with E-state index in [0.717, 1.165) is 32.7 Å². The zero-order chi connectivity index (χ0) is 14.5. The molecule has 2 nitrogen and oxygen atoms in total. The van der Waals surface area contributed by atoms with Gasteiger partial charge in [-0.05, 0) is 30.7 Å². The lowest BCUT2D eigenvalue weighted by molar-refractivity contribution is 0.0301. The average molecular weight is 293 g/mol. The van der Waals surface area contributed by atoms with Crippen molar-refractivity contribution >= 4 is 12.6 Å². The lowest BCUT2D eigenvalue weighted by Gasteiger charge is -2.34. The molecule has 112 valence electrons. The van der Waals surface area contributed by atoms with Gasteiger partial charge in [0, 0.05) is 13.1 Å². The number of nitrogens with zero attached hydrogens (tertiary/aromatic N) is 1. The minimum atomic E-state index is 0.326. The van der Waals surface area contributed by atoms with Crippen molar-refractivity contribution in [2.24, 2.45) is 5.92 Å². The fourth-order valence-electron chi connectivity index (χ4n) is 2.86. The molecule has 0 spiro atoms. The van der Waals surface area contributed by atoms with Gasteiger partial charge in [-0.15, -0.1) is 0 Å². The summed E-state index contributed by atoms with van der Waals surface area (Å²) in [6, 6.07) is 8.99. The minimum absolute atomic E-state index is 0.326. The molecule has 0 N–H and O–H groups in total. The third-order valence-electron chi connectivity index (χ3n) is 4.24. The maximum atomic E-state index is 5.42. The molecule has 2 unspecified atom stereocenters. The van der Waals surface area contributed by atoms with Crippen molar-refractivity contribution in [3.63, 3.8) is 0 Å². The van der Waals surface area contributed by atoms with Gasteiger partial charge in [-0.1, -0.05) is 43.7 Å². The predicted octanol–water partition coefficient (Wildman–Crippen LogP) is 3.71. The number of thiol groups is 1. The van der Waals surface area contributed by atoms with Gasteiger partial charge in [-0.3, -0.25) is 4.90 Å². The SMILES string of the molecule is Cc1ccc(C(CC(S)N2CCOCC2)C(C)C)cc1.